The topological polar surface area (TPSA) is 66.4 Å². The lowest BCUT2D eigenvalue weighted by Gasteiger charge is -2.16. The van der Waals surface area contributed by atoms with E-state index in [0.717, 1.165) is 0 Å². The molecule has 0 spiro atoms. The fourth-order valence-electron chi connectivity index (χ4n) is 1.29. The molecule has 0 saturated heterocycles. The minimum absolute atomic E-state index is 0.349. The van der Waals surface area contributed by atoms with Crippen LogP contribution in [-0.2, 0) is 10.1 Å². The van der Waals surface area contributed by atoms with E-state index in [1.807, 2.05) is 6.92 Å². The molecule has 0 aliphatic rings. The van der Waals surface area contributed by atoms with Gasteiger partial charge in [0.1, 0.15) is 0 Å². The van der Waals surface area contributed by atoms with Gasteiger partial charge in [0.05, 0.1) is 0 Å². The normalized spacial score (nSPS) is 13.4. The summed E-state index contributed by atoms with van der Waals surface area (Å²) in [4.78, 5) is 0. The predicted octanol–water partition coefficient (Wildman–Crippen LogP) is 2.77. The van der Waals surface area contributed by atoms with Gasteiger partial charge in [0.25, 0.3) is 10.1 Å². The average Bonchev–Trinajstić information content (AvgIpc) is 2.19. The Morgan fingerprint density at radius 2 is 1.94 bits per heavy atom. The molecule has 1 aromatic carbocycles. The van der Waals surface area contributed by atoms with Crippen molar-refractivity contribution in [3.8, 4) is 0 Å². The van der Waals surface area contributed by atoms with Crippen LogP contribution in [-0.4, -0.2) is 18.3 Å². The largest absolute Gasteiger partial charge is 0.367 e. The third-order valence-electron chi connectivity index (χ3n) is 2.08. The van der Waals surface area contributed by atoms with Gasteiger partial charge in [0.15, 0.2) is 5.37 Å². The Morgan fingerprint density at radius 3 is 2.38 bits per heavy atom. The summed E-state index contributed by atoms with van der Waals surface area (Å²) in [5.41, 5.74) is 0.612. The zero-order valence-corrected chi connectivity index (χ0v) is 10.4. The van der Waals surface area contributed by atoms with Crippen molar-refractivity contribution < 1.29 is 13.0 Å². The molecular weight excluding hydrogens is 250 g/mol. The molecule has 0 bridgehead atoms. The maximum atomic E-state index is 11.1. The maximum Gasteiger partial charge on any atom is 0.286 e. The van der Waals surface area contributed by atoms with Gasteiger partial charge in [0.2, 0.25) is 0 Å². The summed E-state index contributed by atoms with van der Waals surface area (Å²) < 4.78 is 31.1. The van der Waals surface area contributed by atoms with Crippen molar-refractivity contribution in [2.45, 2.75) is 25.1 Å². The Morgan fingerprint density at radius 1 is 1.38 bits per heavy atom. The molecule has 90 valence electrons. The summed E-state index contributed by atoms with van der Waals surface area (Å²) in [5, 5.41) is 2.35. The van der Waals surface area contributed by atoms with Crippen molar-refractivity contribution in [2.24, 2.45) is 0 Å². The molecule has 0 aromatic heterocycles. The molecule has 6 heteroatoms. The van der Waals surface area contributed by atoms with E-state index in [1.165, 1.54) is 0 Å². The monoisotopic (exact) mass is 263 g/mol. The standard InChI is InChI=1S/C10H14ClNO3S/c1-2-3-10(16(13,14)15)12-9-6-4-8(11)5-7-9/h4-7,10,12H,2-3H2,1H3,(H,13,14,15)/t10-/m0/s1. The summed E-state index contributed by atoms with van der Waals surface area (Å²) >= 11 is 5.70. The van der Waals surface area contributed by atoms with Crippen molar-refractivity contribution >= 4 is 27.4 Å². The van der Waals surface area contributed by atoms with E-state index in [0.29, 0.717) is 23.6 Å². The third kappa shape index (κ3) is 4.00. The van der Waals surface area contributed by atoms with Crippen LogP contribution in [0.5, 0.6) is 0 Å². The molecule has 0 unspecified atom stereocenters. The highest BCUT2D eigenvalue weighted by Gasteiger charge is 2.21. The molecular formula is C10H14ClNO3S. The molecule has 0 heterocycles. The predicted molar refractivity (Wildman–Crippen MR) is 65.3 cm³/mol. The molecule has 0 fully saturated rings. The van der Waals surface area contributed by atoms with Crippen LogP contribution >= 0.6 is 11.6 Å². The molecule has 1 atom stereocenters. The highest BCUT2D eigenvalue weighted by Crippen LogP contribution is 2.17. The highest BCUT2D eigenvalue weighted by molar-refractivity contribution is 7.86. The molecule has 16 heavy (non-hydrogen) atoms. The van der Waals surface area contributed by atoms with E-state index in [4.69, 9.17) is 16.2 Å². The van der Waals surface area contributed by atoms with Crippen LogP contribution in [0.2, 0.25) is 5.02 Å². The first-order chi connectivity index (χ1) is 7.43. The molecule has 0 radical (unpaired) electrons. The van der Waals surface area contributed by atoms with Gasteiger partial charge in [0, 0.05) is 10.7 Å². The van der Waals surface area contributed by atoms with E-state index in [1.54, 1.807) is 24.3 Å². The first-order valence-electron chi connectivity index (χ1n) is 4.92. The zero-order chi connectivity index (χ0) is 12.2. The Labute approximate surface area is 100 Å². The SMILES string of the molecule is CCC[C@@H](Nc1ccc(Cl)cc1)S(=O)(=O)O. The fourth-order valence-corrected chi connectivity index (χ4v) is 2.23. The second-order valence-electron chi connectivity index (χ2n) is 3.44. The van der Waals surface area contributed by atoms with Crippen LogP contribution in [0.25, 0.3) is 0 Å². The Kier molecular flexibility index (Phi) is 4.58. The molecule has 0 aliphatic heterocycles. The number of benzene rings is 1. The minimum atomic E-state index is -4.08. The fraction of sp³-hybridized carbons (Fsp3) is 0.400. The summed E-state index contributed by atoms with van der Waals surface area (Å²) in [6.45, 7) is 1.85. The lowest BCUT2D eigenvalue weighted by Crippen LogP contribution is -2.28. The quantitative estimate of drug-likeness (QED) is 0.802. The van der Waals surface area contributed by atoms with E-state index in [9.17, 15) is 8.42 Å². The number of anilines is 1. The van der Waals surface area contributed by atoms with Crippen molar-refractivity contribution in [3.05, 3.63) is 29.3 Å². The molecule has 0 aliphatic carbocycles. The number of hydrogen-bond donors (Lipinski definition) is 2. The van der Waals surface area contributed by atoms with Gasteiger partial charge in [-0.3, -0.25) is 4.55 Å². The van der Waals surface area contributed by atoms with E-state index >= 15 is 0 Å². The van der Waals surface area contributed by atoms with Crippen molar-refractivity contribution in [1.82, 2.24) is 0 Å². The third-order valence-corrected chi connectivity index (χ3v) is 3.41. The van der Waals surface area contributed by atoms with Gasteiger partial charge in [-0.15, -0.1) is 0 Å². The number of halogens is 1. The van der Waals surface area contributed by atoms with Gasteiger partial charge in [-0.1, -0.05) is 24.9 Å². The summed E-state index contributed by atoms with van der Waals surface area (Å²) in [6.07, 6.45) is 1.01. The van der Waals surface area contributed by atoms with Crippen molar-refractivity contribution in [2.75, 3.05) is 5.32 Å². The smallest absolute Gasteiger partial charge is 0.286 e. The molecule has 0 amide bonds. The molecule has 2 N–H and O–H groups in total. The number of hydrogen-bond acceptors (Lipinski definition) is 3. The first-order valence-corrected chi connectivity index (χ1v) is 6.80. The summed E-state index contributed by atoms with van der Waals surface area (Å²) in [7, 11) is -4.08. The Balaban J connectivity index is 2.80. The van der Waals surface area contributed by atoms with Gasteiger partial charge in [-0.05, 0) is 30.7 Å². The van der Waals surface area contributed by atoms with E-state index in [-0.39, 0.29) is 0 Å². The summed E-state index contributed by atoms with van der Waals surface area (Å²) in [6, 6.07) is 6.63. The lowest BCUT2D eigenvalue weighted by molar-refractivity contribution is 0.467. The minimum Gasteiger partial charge on any atom is -0.367 e. The second-order valence-corrected chi connectivity index (χ2v) is 5.48. The van der Waals surface area contributed by atoms with Gasteiger partial charge < -0.3 is 5.32 Å². The van der Waals surface area contributed by atoms with Gasteiger partial charge >= 0.3 is 0 Å². The number of nitrogens with one attached hydrogen (secondary N) is 1. The Hall–Kier alpha value is -0.780. The van der Waals surface area contributed by atoms with Crippen LogP contribution in [0.3, 0.4) is 0 Å². The number of rotatable bonds is 5. The van der Waals surface area contributed by atoms with Crippen LogP contribution in [0.4, 0.5) is 5.69 Å². The molecule has 0 saturated carbocycles. The lowest BCUT2D eigenvalue weighted by atomic mass is 10.3. The van der Waals surface area contributed by atoms with E-state index < -0.39 is 15.5 Å². The molecule has 4 nitrogen and oxygen atoms in total. The maximum absolute atomic E-state index is 11.1. The van der Waals surface area contributed by atoms with Crippen molar-refractivity contribution in [3.63, 3.8) is 0 Å². The van der Waals surface area contributed by atoms with Crippen LogP contribution < -0.4 is 5.32 Å². The van der Waals surface area contributed by atoms with Crippen LogP contribution in [0, 0.1) is 0 Å². The summed E-state index contributed by atoms with van der Waals surface area (Å²) in [5.74, 6) is 0. The van der Waals surface area contributed by atoms with Crippen molar-refractivity contribution in [1.29, 1.82) is 0 Å². The molecule has 1 rings (SSSR count). The van der Waals surface area contributed by atoms with E-state index in [2.05, 4.69) is 5.32 Å². The van der Waals surface area contributed by atoms with Gasteiger partial charge in [-0.25, -0.2) is 0 Å². The van der Waals surface area contributed by atoms with Crippen LogP contribution in [0.1, 0.15) is 19.8 Å². The molecule has 1 aromatic rings. The second kappa shape index (κ2) is 5.52. The Bertz CT molecular complexity index is 430. The van der Waals surface area contributed by atoms with Gasteiger partial charge in [-0.2, -0.15) is 8.42 Å². The zero-order valence-electron chi connectivity index (χ0n) is 8.85. The highest BCUT2D eigenvalue weighted by atomic mass is 35.5. The first kappa shape index (κ1) is 13.3. The van der Waals surface area contributed by atoms with Crippen LogP contribution in [0.15, 0.2) is 24.3 Å². The average molecular weight is 264 g/mol.